The molecule has 0 saturated carbocycles. The van der Waals surface area contributed by atoms with Crippen LogP contribution in [0.4, 0.5) is 0 Å². The highest BCUT2D eigenvalue weighted by Gasteiger charge is 2.25. The second kappa shape index (κ2) is 8.40. The van der Waals surface area contributed by atoms with Crippen LogP contribution in [0.15, 0.2) is 24.3 Å². The Morgan fingerprint density at radius 2 is 1.76 bits per heavy atom. The second-order valence-corrected chi connectivity index (χ2v) is 6.22. The average molecular weight is 312 g/mol. The molecule has 0 unspecified atom stereocenters. The van der Waals surface area contributed by atoms with Crippen molar-refractivity contribution in [1.29, 1.82) is 0 Å². The maximum atomic E-state index is 12.1. The minimum absolute atomic E-state index is 0.226. The molecule has 0 aromatic heterocycles. The van der Waals surface area contributed by atoms with Gasteiger partial charge in [0.25, 0.3) is 0 Å². The van der Waals surface area contributed by atoms with Crippen molar-refractivity contribution in [3.05, 3.63) is 34.9 Å². The maximum Gasteiger partial charge on any atom is 0.313 e. The minimum atomic E-state index is -0.316. The van der Waals surface area contributed by atoms with Gasteiger partial charge in [0.05, 0.1) is 13.0 Å². The van der Waals surface area contributed by atoms with Gasteiger partial charge in [0.2, 0.25) is 0 Å². The standard InChI is InChI=1S/C17H26ClNO2/c1-12(2)19(13(3)4)11-10-15(17(20)21-5)14-8-6-7-9-16(14)18/h6-9,12-13,15H,10-11H2,1-5H3/t15-/m0/s1. The monoisotopic (exact) mass is 311 g/mol. The number of nitrogens with zero attached hydrogens (tertiary/aromatic N) is 1. The van der Waals surface area contributed by atoms with E-state index in [0.717, 1.165) is 12.1 Å². The summed E-state index contributed by atoms with van der Waals surface area (Å²) in [6, 6.07) is 8.37. The molecule has 0 fully saturated rings. The van der Waals surface area contributed by atoms with E-state index in [4.69, 9.17) is 16.3 Å². The van der Waals surface area contributed by atoms with E-state index in [1.54, 1.807) is 0 Å². The quantitative estimate of drug-likeness (QED) is 0.710. The van der Waals surface area contributed by atoms with Crippen LogP contribution in [-0.2, 0) is 9.53 Å². The van der Waals surface area contributed by atoms with E-state index in [-0.39, 0.29) is 11.9 Å². The largest absolute Gasteiger partial charge is 0.469 e. The lowest BCUT2D eigenvalue weighted by atomic mass is 9.95. The molecule has 1 aromatic rings. The van der Waals surface area contributed by atoms with Crippen molar-refractivity contribution in [3.8, 4) is 0 Å². The Morgan fingerprint density at radius 3 is 2.24 bits per heavy atom. The highest BCUT2D eigenvalue weighted by Crippen LogP contribution is 2.28. The van der Waals surface area contributed by atoms with Gasteiger partial charge >= 0.3 is 5.97 Å². The summed E-state index contributed by atoms with van der Waals surface area (Å²) in [6.45, 7) is 9.51. The van der Waals surface area contributed by atoms with Gasteiger partial charge in [-0.15, -0.1) is 0 Å². The van der Waals surface area contributed by atoms with Gasteiger partial charge in [-0.25, -0.2) is 0 Å². The Hall–Kier alpha value is -1.06. The summed E-state index contributed by atoms with van der Waals surface area (Å²) in [6.07, 6.45) is 0.701. The summed E-state index contributed by atoms with van der Waals surface area (Å²) < 4.78 is 4.96. The summed E-state index contributed by atoms with van der Waals surface area (Å²) in [7, 11) is 1.43. The van der Waals surface area contributed by atoms with Crippen LogP contribution in [0.5, 0.6) is 0 Å². The van der Waals surface area contributed by atoms with Crippen molar-refractivity contribution in [2.24, 2.45) is 0 Å². The molecule has 0 N–H and O–H groups in total. The normalized spacial score (nSPS) is 13.0. The van der Waals surface area contributed by atoms with Gasteiger partial charge in [-0.2, -0.15) is 0 Å². The predicted octanol–water partition coefficient (Wildman–Crippen LogP) is 4.11. The van der Waals surface area contributed by atoms with E-state index < -0.39 is 0 Å². The van der Waals surface area contributed by atoms with Crippen molar-refractivity contribution in [2.75, 3.05) is 13.7 Å². The number of benzene rings is 1. The van der Waals surface area contributed by atoms with Crippen molar-refractivity contribution in [3.63, 3.8) is 0 Å². The summed E-state index contributed by atoms with van der Waals surface area (Å²) in [5.74, 6) is -0.542. The van der Waals surface area contributed by atoms with E-state index in [2.05, 4.69) is 32.6 Å². The van der Waals surface area contributed by atoms with Crippen LogP contribution in [0.2, 0.25) is 5.02 Å². The van der Waals surface area contributed by atoms with Crippen molar-refractivity contribution in [1.82, 2.24) is 4.90 Å². The fourth-order valence-corrected chi connectivity index (χ4v) is 2.96. The van der Waals surface area contributed by atoms with E-state index >= 15 is 0 Å². The van der Waals surface area contributed by atoms with Crippen LogP contribution < -0.4 is 0 Å². The lowest BCUT2D eigenvalue weighted by Gasteiger charge is -2.31. The molecule has 21 heavy (non-hydrogen) atoms. The van der Waals surface area contributed by atoms with Gasteiger partial charge in [-0.1, -0.05) is 29.8 Å². The Balaban J connectivity index is 2.90. The zero-order valence-corrected chi connectivity index (χ0v) is 14.4. The first-order valence-electron chi connectivity index (χ1n) is 7.46. The van der Waals surface area contributed by atoms with E-state index in [1.165, 1.54) is 7.11 Å². The third-order valence-electron chi connectivity index (χ3n) is 3.77. The van der Waals surface area contributed by atoms with Crippen LogP contribution in [0.3, 0.4) is 0 Å². The molecule has 0 saturated heterocycles. The van der Waals surface area contributed by atoms with Crippen LogP contribution >= 0.6 is 11.6 Å². The molecule has 0 aliphatic rings. The van der Waals surface area contributed by atoms with E-state index in [1.807, 2.05) is 24.3 Å². The third-order valence-corrected chi connectivity index (χ3v) is 4.11. The number of ether oxygens (including phenoxy) is 1. The summed E-state index contributed by atoms with van der Waals surface area (Å²) in [4.78, 5) is 14.5. The Morgan fingerprint density at radius 1 is 1.19 bits per heavy atom. The number of halogens is 1. The topological polar surface area (TPSA) is 29.5 Å². The molecule has 1 rings (SSSR count). The number of carbonyl (C=O) groups is 1. The highest BCUT2D eigenvalue weighted by atomic mass is 35.5. The SMILES string of the molecule is COC(=O)[C@@H](CCN(C(C)C)C(C)C)c1ccccc1Cl. The van der Waals surface area contributed by atoms with Gasteiger partial charge in [-0.05, 0) is 52.3 Å². The van der Waals surface area contributed by atoms with Gasteiger partial charge in [0, 0.05) is 17.1 Å². The van der Waals surface area contributed by atoms with Crippen molar-refractivity contribution >= 4 is 17.6 Å². The van der Waals surface area contributed by atoms with E-state index in [0.29, 0.717) is 23.5 Å². The van der Waals surface area contributed by atoms with Gasteiger partial charge in [0.15, 0.2) is 0 Å². The first-order chi connectivity index (χ1) is 9.88. The molecule has 1 atom stereocenters. The number of methoxy groups -OCH3 is 1. The Kier molecular flexibility index (Phi) is 7.20. The molecular formula is C17H26ClNO2. The molecule has 0 aliphatic carbocycles. The fourth-order valence-electron chi connectivity index (χ4n) is 2.69. The zero-order valence-electron chi connectivity index (χ0n) is 13.6. The molecule has 0 aliphatic heterocycles. The minimum Gasteiger partial charge on any atom is -0.469 e. The number of esters is 1. The van der Waals surface area contributed by atoms with Gasteiger partial charge < -0.3 is 4.74 Å². The third kappa shape index (κ3) is 5.01. The first kappa shape index (κ1) is 18.0. The van der Waals surface area contributed by atoms with Gasteiger partial charge in [0.1, 0.15) is 0 Å². The molecule has 3 nitrogen and oxygen atoms in total. The Bertz CT molecular complexity index is 452. The smallest absolute Gasteiger partial charge is 0.313 e. The molecule has 0 spiro atoms. The predicted molar refractivity (Wildman–Crippen MR) is 87.8 cm³/mol. The fraction of sp³-hybridized carbons (Fsp3) is 0.588. The average Bonchev–Trinajstić information content (AvgIpc) is 2.43. The molecular weight excluding hydrogens is 286 g/mol. The molecule has 0 amide bonds. The van der Waals surface area contributed by atoms with Crippen LogP contribution in [0.1, 0.15) is 45.6 Å². The van der Waals surface area contributed by atoms with Crippen molar-refractivity contribution in [2.45, 2.75) is 52.1 Å². The lowest BCUT2D eigenvalue weighted by Crippen LogP contribution is -2.38. The maximum absolute atomic E-state index is 12.1. The molecule has 0 bridgehead atoms. The van der Waals surface area contributed by atoms with Gasteiger partial charge in [-0.3, -0.25) is 9.69 Å². The summed E-state index contributed by atoms with van der Waals surface area (Å²) >= 11 is 6.24. The number of hydrogen-bond donors (Lipinski definition) is 0. The number of rotatable bonds is 7. The van der Waals surface area contributed by atoms with E-state index in [9.17, 15) is 4.79 Å². The Labute approximate surface area is 133 Å². The van der Waals surface area contributed by atoms with Crippen LogP contribution in [0.25, 0.3) is 0 Å². The summed E-state index contributed by atoms with van der Waals surface area (Å²) in [5.41, 5.74) is 0.846. The van der Waals surface area contributed by atoms with Crippen LogP contribution in [-0.4, -0.2) is 36.6 Å². The van der Waals surface area contributed by atoms with Crippen LogP contribution in [0, 0.1) is 0 Å². The second-order valence-electron chi connectivity index (χ2n) is 5.81. The first-order valence-corrected chi connectivity index (χ1v) is 7.84. The molecule has 4 heteroatoms. The number of carbonyl (C=O) groups excluding carboxylic acids is 1. The zero-order chi connectivity index (χ0) is 16.0. The summed E-state index contributed by atoms with van der Waals surface area (Å²) in [5, 5.41) is 0.619. The molecule has 118 valence electrons. The molecule has 1 aromatic carbocycles. The number of hydrogen-bond acceptors (Lipinski definition) is 3. The molecule has 0 heterocycles. The highest BCUT2D eigenvalue weighted by molar-refractivity contribution is 6.31. The van der Waals surface area contributed by atoms with Crippen molar-refractivity contribution < 1.29 is 9.53 Å². The molecule has 0 radical (unpaired) electrons. The lowest BCUT2D eigenvalue weighted by molar-refractivity contribution is -0.142.